The van der Waals surface area contributed by atoms with Crippen molar-refractivity contribution in [3.05, 3.63) is 34.5 Å². The van der Waals surface area contributed by atoms with Gasteiger partial charge in [0, 0.05) is 22.4 Å². The third-order valence-corrected chi connectivity index (χ3v) is 7.56. The van der Waals surface area contributed by atoms with Crippen LogP contribution < -0.4 is 10.0 Å². The highest BCUT2D eigenvalue weighted by Crippen LogP contribution is 2.37. The Bertz CT molecular complexity index is 1050. The molecule has 0 saturated heterocycles. The van der Waals surface area contributed by atoms with E-state index in [9.17, 15) is 13.2 Å². The van der Waals surface area contributed by atoms with Crippen molar-refractivity contribution in [1.29, 1.82) is 0 Å². The molecular weight excluding hydrogens is 446 g/mol. The lowest BCUT2D eigenvalue weighted by Gasteiger charge is -2.21. The van der Waals surface area contributed by atoms with Gasteiger partial charge in [-0.05, 0) is 65.7 Å². The molecule has 0 aliphatic heterocycles. The number of hydrogen-bond acceptors (Lipinski definition) is 6. The summed E-state index contributed by atoms with van der Waals surface area (Å²) in [6.45, 7) is 8.83. The fraction of sp³-hybridized carbons (Fsp3) is 0.522. The SMILES string of the molecule is CC(C)OC(=O)Nc1cc(S(=O)(=O)NC(C)(C)C)ccc1-c1csc([C]2CCCCC2)n1. The van der Waals surface area contributed by atoms with E-state index in [4.69, 9.17) is 9.72 Å². The second kappa shape index (κ2) is 9.89. The summed E-state index contributed by atoms with van der Waals surface area (Å²) in [4.78, 5) is 17.2. The smallest absolute Gasteiger partial charge is 0.411 e. The van der Waals surface area contributed by atoms with Crippen LogP contribution in [0, 0.1) is 5.92 Å². The second-order valence-electron chi connectivity index (χ2n) is 9.34. The monoisotopic (exact) mass is 478 g/mol. The molecule has 1 aliphatic rings. The zero-order valence-corrected chi connectivity index (χ0v) is 21.0. The average Bonchev–Trinajstić information content (AvgIpc) is 3.16. The fourth-order valence-electron chi connectivity index (χ4n) is 3.59. The maximum atomic E-state index is 12.9. The first-order valence-electron chi connectivity index (χ1n) is 10.9. The maximum Gasteiger partial charge on any atom is 0.411 e. The van der Waals surface area contributed by atoms with E-state index in [1.165, 1.54) is 37.3 Å². The van der Waals surface area contributed by atoms with E-state index in [-0.39, 0.29) is 11.0 Å². The van der Waals surface area contributed by atoms with Crippen LogP contribution in [0.3, 0.4) is 0 Å². The largest absolute Gasteiger partial charge is 0.447 e. The van der Waals surface area contributed by atoms with Gasteiger partial charge in [0.05, 0.1) is 22.4 Å². The Hall–Kier alpha value is -1.97. The summed E-state index contributed by atoms with van der Waals surface area (Å²) >= 11 is 1.58. The standard InChI is InChI=1S/C23H32N3O4S2/c1-15(2)30-22(27)25-19-13-17(32(28,29)26-23(3,4)5)11-12-18(19)20-14-31-21(24-20)16-9-7-6-8-10-16/h11-15,26H,6-10H2,1-5H3,(H,25,27). The predicted octanol–water partition coefficient (Wildman–Crippen LogP) is 5.73. The lowest BCUT2D eigenvalue weighted by Crippen LogP contribution is -2.40. The molecule has 1 radical (unpaired) electrons. The van der Waals surface area contributed by atoms with E-state index in [0.717, 1.165) is 17.8 Å². The number of benzene rings is 1. The lowest BCUT2D eigenvalue weighted by molar-refractivity contribution is 0.130. The summed E-state index contributed by atoms with van der Waals surface area (Å²) in [6.07, 6.45) is 4.81. The Kier molecular flexibility index (Phi) is 7.62. The molecule has 0 unspecified atom stereocenters. The molecule has 1 heterocycles. The number of carbonyl (C=O) groups excluding carboxylic acids is 1. The Morgan fingerprint density at radius 2 is 1.84 bits per heavy atom. The minimum absolute atomic E-state index is 0.0631. The van der Waals surface area contributed by atoms with Crippen molar-refractivity contribution in [3.63, 3.8) is 0 Å². The van der Waals surface area contributed by atoms with Gasteiger partial charge < -0.3 is 4.74 Å². The van der Waals surface area contributed by atoms with Gasteiger partial charge in [0.15, 0.2) is 0 Å². The molecule has 1 aliphatic carbocycles. The van der Waals surface area contributed by atoms with Crippen LogP contribution >= 0.6 is 11.3 Å². The van der Waals surface area contributed by atoms with Gasteiger partial charge >= 0.3 is 6.09 Å². The molecule has 0 spiro atoms. The number of aromatic nitrogens is 1. The van der Waals surface area contributed by atoms with Gasteiger partial charge in [0.25, 0.3) is 0 Å². The van der Waals surface area contributed by atoms with E-state index >= 15 is 0 Å². The third-order valence-electron chi connectivity index (χ3n) is 4.86. The van der Waals surface area contributed by atoms with Crippen molar-refractivity contribution >= 4 is 33.1 Å². The van der Waals surface area contributed by atoms with Crippen LogP contribution in [-0.4, -0.2) is 31.1 Å². The number of amides is 1. The number of thiazole rings is 1. The molecule has 2 N–H and O–H groups in total. The minimum atomic E-state index is -3.77. The summed E-state index contributed by atoms with van der Waals surface area (Å²) in [5.74, 6) is 1.37. The number of ether oxygens (including phenoxy) is 1. The highest BCUT2D eigenvalue weighted by atomic mass is 32.2. The normalized spacial score (nSPS) is 15.7. The molecule has 1 saturated carbocycles. The van der Waals surface area contributed by atoms with Crippen LogP contribution in [0.4, 0.5) is 10.5 Å². The van der Waals surface area contributed by atoms with Gasteiger partial charge in [-0.3, -0.25) is 5.32 Å². The van der Waals surface area contributed by atoms with Gasteiger partial charge in [0.2, 0.25) is 10.0 Å². The zero-order chi connectivity index (χ0) is 23.5. The van der Waals surface area contributed by atoms with Crippen LogP contribution in [0.15, 0.2) is 28.5 Å². The summed E-state index contributed by atoms with van der Waals surface area (Å²) in [5, 5.41) is 5.68. The average molecular weight is 479 g/mol. The van der Waals surface area contributed by atoms with Crippen LogP contribution in [0.5, 0.6) is 0 Å². The fourth-order valence-corrected chi connectivity index (χ4v) is 5.95. The van der Waals surface area contributed by atoms with Crippen LogP contribution in [0.1, 0.15) is 71.7 Å². The number of nitrogens with one attached hydrogen (secondary N) is 2. The molecule has 2 aromatic rings. The quantitative estimate of drug-likeness (QED) is 0.552. The number of carbonyl (C=O) groups is 1. The summed E-state index contributed by atoms with van der Waals surface area (Å²) in [6, 6.07) is 4.68. The van der Waals surface area contributed by atoms with Gasteiger partial charge in [-0.15, -0.1) is 11.3 Å². The van der Waals surface area contributed by atoms with Gasteiger partial charge in [-0.25, -0.2) is 22.9 Å². The Morgan fingerprint density at radius 1 is 1.16 bits per heavy atom. The van der Waals surface area contributed by atoms with Gasteiger partial charge in [0.1, 0.15) is 5.01 Å². The summed E-state index contributed by atoms with van der Waals surface area (Å²) in [5.41, 5.74) is 1.07. The molecule has 1 aromatic carbocycles. The first-order chi connectivity index (χ1) is 14.9. The van der Waals surface area contributed by atoms with Crippen molar-refractivity contribution < 1.29 is 17.9 Å². The lowest BCUT2D eigenvalue weighted by atomic mass is 9.90. The summed E-state index contributed by atoms with van der Waals surface area (Å²) < 4.78 is 33.6. The number of sulfonamides is 1. The topological polar surface area (TPSA) is 97.4 Å². The molecule has 32 heavy (non-hydrogen) atoms. The predicted molar refractivity (Wildman–Crippen MR) is 128 cm³/mol. The molecule has 0 atom stereocenters. The van der Waals surface area contributed by atoms with E-state index in [0.29, 0.717) is 16.9 Å². The van der Waals surface area contributed by atoms with E-state index in [1.54, 1.807) is 52.0 Å². The molecule has 0 bridgehead atoms. The van der Waals surface area contributed by atoms with Crippen molar-refractivity contribution in [3.8, 4) is 11.3 Å². The maximum absolute atomic E-state index is 12.9. The first kappa shape index (κ1) is 24.7. The minimum Gasteiger partial charge on any atom is -0.447 e. The summed E-state index contributed by atoms with van der Waals surface area (Å²) in [7, 11) is -3.77. The Balaban J connectivity index is 1.97. The third kappa shape index (κ3) is 6.52. The number of nitrogens with zero attached hydrogens (tertiary/aromatic N) is 1. The van der Waals surface area contributed by atoms with Crippen LogP contribution in [0.25, 0.3) is 11.3 Å². The van der Waals surface area contributed by atoms with Gasteiger partial charge in [-0.1, -0.05) is 19.3 Å². The number of hydrogen-bond donors (Lipinski definition) is 2. The molecule has 7 nitrogen and oxygen atoms in total. The number of anilines is 1. The molecule has 1 aromatic heterocycles. The zero-order valence-electron chi connectivity index (χ0n) is 19.3. The second-order valence-corrected chi connectivity index (χ2v) is 11.9. The Morgan fingerprint density at radius 3 is 2.47 bits per heavy atom. The number of rotatable bonds is 6. The highest BCUT2D eigenvalue weighted by Gasteiger charge is 2.25. The molecular formula is C23H32N3O4S2. The van der Waals surface area contributed by atoms with Crippen LogP contribution in [0.2, 0.25) is 0 Å². The van der Waals surface area contributed by atoms with Crippen molar-refractivity contribution in [2.45, 2.75) is 83.3 Å². The van der Waals surface area contributed by atoms with E-state index in [2.05, 4.69) is 10.0 Å². The Labute approximate surface area is 195 Å². The van der Waals surface area contributed by atoms with Crippen molar-refractivity contribution in [2.75, 3.05) is 5.32 Å². The molecule has 9 heteroatoms. The molecule has 1 amide bonds. The first-order valence-corrected chi connectivity index (χ1v) is 13.3. The van der Waals surface area contributed by atoms with Crippen molar-refractivity contribution in [2.24, 2.45) is 0 Å². The van der Waals surface area contributed by atoms with Crippen molar-refractivity contribution in [1.82, 2.24) is 9.71 Å². The molecule has 1 fully saturated rings. The molecule has 3 rings (SSSR count). The molecule has 175 valence electrons. The van der Waals surface area contributed by atoms with E-state index < -0.39 is 21.7 Å². The highest BCUT2D eigenvalue weighted by molar-refractivity contribution is 7.89. The van der Waals surface area contributed by atoms with E-state index in [1.807, 2.05) is 5.38 Å². The van der Waals surface area contributed by atoms with Crippen LogP contribution in [-0.2, 0) is 14.8 Å². The van der Waals surface area contributed by atoms with Gasteiger partial charge in [-0.2, -0.15) is 0 Å².